The average molecular weight is 167 g/mol. The number of aromatic nitrogens is 2. The highest BCUT2D eigenvalue weighted by Gasteiger charge is 1.99. The SMILES string of the molecule is CC(C)Cn1ccc(N)nc1=O. The van der Waals surface area contributed by atoms with Crippen LogP contribution in [0.25, 0.3) is 0 Å². The molecule has 0 aromatic carbocycles. The van der Waals surface area contributed by atoms with Gasteiger partial charge in [-0.15, -0.1) is 0 Å². The monoisotopic (exact) mass is 167 g/mol. The number of hydrogen-bond donors (Lipinski definition) is 1. The Kier molecular flexibility index (Phi) is 2.47. The first-order valence-corrected chi connectivity index (χ1v) is 3.92. The summed E-state index contributed by atoms with van der Waals surface area (Å²) in [6.07, 6.45) is 1.67. The molecule has 1 aromatic rings. The second-order valence-corrected chi connectivity index (χ2v) is 3.18. The summed E-state index contributed by atoms with van der Waals surface area (Å²) in [4.78, 5) is 14.8. The van der Waals surface area contributed by atoms with E-state index in [1.807, 2.05) is 13.8 Å². The quantitative estimate of drug-likeness (QED) is 0.697. The third kappa shape index (κ3) is 2.08. The predicted octanol–water partition coefficient (Wildman–Crippen LogP) is 0.482. The van der Waals surface area contributed by atoms with Gasteiger partial charge in [-0.1, -0.05) is 13.8 Å². The van der Waals surface area contributed by atoms with Gasteiger partial charge in [-0.3, -0.25) is 4.57 Å². The van der Waals surface area contributed by atoms with E-state index in [0.717, 1.165) is 0 Å². The van der Waals surface area contributed by atoms with Gasteiger partial charge in [0, 0.05) is 12.7 Å². The van der Waals surface area contributed by atoms with Crippen molar-refractivity contribution in [1.29, 1.82) is 0 Å². The van der Waals surface area contributed by atoms with Gasteiger partial charge >= 0.3 is 5.69 Å². The standard InChI is InChI=1S/C8H13N3O/c1-6(2)5-11-4-3-7(9)10-8(11)12/h3-4,6H,5H2,1-2H3,(H2,9,10,12). The van der Waals surface area contributed by atoms with E-state index >= 15 is 0 Å². The summed E-state index contributed by atoms with van der Waals surface area (Å²) in [5.41, 5.74) is 5.06. The molecular weight excluding hydrogens is 154 g/mol. The zero-order chi connectivity index (χ0) is 9.14. The molecule has 2 N–H and O–H groups in total. The highest BCUT2D eigenvalue weighted by molar-refractivity contribution is 5.23. The maximum absolute atomic E-state index is 11.1. The minimum atomic E-state index is -0.274. The van der Waals surface area contributed by atoms with Gasteiger partial charge in [-0.05, 0) is 12.0 Å². The van der Waals surface area contributed by atoms with Crippen LogP contribution in [-0.2, 0) is 6.54 Å². The topological polar surface area (TPSA) is 60.9 Å². The Bertz CT molecular complexity index is 316. The molecule has 0 bridgehead atoms. The maximum Gasteiger partial charge on any atom is 0.349 e. The van der Waals surface area contributed by atoms with Crippen LogP contribution >= 0.6 is 0 Å². The van der Waals surface area contributed by atoms with E-state index in [2.05, 4.69) is 4.98 Å². The molecule has 1 rings (SSSR count). The third-order valence-corrected chi connectivity index (χ3v) is 1.46. The van der Waals surface area contributed by atoms with Gasteiger partial charge in [0.15, 0.2) is 0 Å². The predicted molar refractivity (Wildman–Crippen MR) is 47.7 cm³/mol. The number of nitrogens with zero attached hydrogens (tertiary/aromatic N) is 2. The van der Waals surface area contributed by atoms with Crippen LogP contribution in [0.5, 0.6) is 0 Å². The van der Waals surface area contributed by atoms with Crippen molar-refractivity contribution in [1.82, 2.24) is 9.55 Å². The van der Waals surface area contributed by atoms with Crippen LogP contribution in [-0.4, -0.2) is 9.55 Å². The molecule has 0 amide bonds. The summed E-state index contributed by atoms with van der Waals surface area (Å²) in [7, 11) is 0. The number of anilines is 1. The van der Waals surface area contributed by atoms with E-state index in [-0.39, 0.29) is 11.5 Å². The first-order chi connectivity index (χ1) is 5.59. The lowest BCUT2D eigenvalue weighted by atomic mass is 10.2. The first-order valence-electron chi connectivity index (χ1n) is 3.92. The van der Waals surface area contributed by atoms with E-state index in [4.69, 9.17) is 5.73 Å². The zero-order valence-electron chi connectivity index (χ0n) is 7.32. The Balaban J connectivity index is 2.94. The number of hydrogen-bond acceptors (Lipinski definition) is 3. The molecule has 0 aliphatic rings. The number of nitrogen functional groups attached to an aromatic ring is 1. The molecule has 0 spiro atoms. The van der Waals surface area contributed by atoms with Crippen LogP contribution in [0, 0.1) is 5.92 Å². The Hall–Kier alpha value is -1.32. The minimum Gasteiger partial charge on any atom is -0.383 e. The molecule has 0 saturated heterocycles. The van der Waals surface area contributed by atoms with Gasteiger partial charge in [0.05, 0.1) is 0 Å². The highest BCUT2D eigenvalue weighted by Crippen LogP contribution is 1.96. The van der Waals surface area contributed by atoms with Crippen LogP contribution in [0.2, 0.25) is 0 Å². The van der Waals surface area contributed by atoms with Crippen LogP contribution in [0.1, 0.15) is 13.8 Å². The fourth-order valence-corrected chi connectivity index (χ4v) is 0.974. The van der Waals surface area contributed by atoms with Gasteiger partial charge in [0.1, 0.15) is 5.82 Å². The lowest BCUT2D eigenvalue weighted by Crippen LogP contribution is -2.24. The van der Waals surface area contributed by atoms with E-state index in [0.29, 0.717) is 12.5 Å². The lowest BCUT2D eigenvalue weighted by molar-refractivity contribution is 0.504. The zero-order valence-corrected chi connectivity index (χ0v) is 7.32. The molecular formula is C8H13N3O. The molecule has 1 heterocycles. The molecule has 0 unspecified atom stereocenters. The molecule has 1 aromatic heterocycles. The molecule has 66 valence electrons. The van der Waals surface area contributed by atoms with Gasteiger partial charge in [0.2, 0.25) is 0 Å². The van der Waals surface area contributed by atoms with Crippen LogP contribution in [0.15, 0.2) is 17.1 Å². The second-order valence-electron chi connectivity index (χ2n) is 3.18. The number of nitrogens with two attached hydrogens (primary N) is 1. The van der Waals surface area contributed by atoms with Gasteiger partial charge in [-0.25, -0.2) is 4.79 Å². The molecule has 4 nitrogen and oxygen atoms in total. The van der Waals surface area contributed by atoms with E-state index in [1.165, 1.54) is 0 Å². The molecule has 12 heavy (non-hydrogen) atoms. The molecule has 0 saturated carbocycles. The van der Waals surface area contributed by atoms with E-state index in [9.17, 15) is 4.79 Å². The maximum atomic E-state index is 11.1. The Labute approximate surface area is 71.0 Å². The van der Waals surface area contributed by atoms with Crippen molar-refractivity contribution in [2.45, 2.75) is 20.4 Å². The second kappa shape index (κ2) is 3.38. The van der Waals surface area contributed by atoms with Gasteiger partial charge in [0.25, 0.3) is 0 Å². The minimum absolute atomic E-state index is 0.274. The van der Waals surface area contributed by atoms with Crippen molar-refractivity contribution in [3.05, 3.63) is 22.7 Å². The Morgan fingerprint density at radius 2 is 2.33 bits per heavy atom. The van der Waals surface area contributed by atoms with Crippen molar-refractivity contribution < 1.29 is 0 Å². The fourth-order valence-electron chi connectivity index (χ4n) is 0.974. The van der Waals surface area contributed by atoms with Crippen molar-refractivity contribution in [3.8, 4) is 0 Å². The van der Waals surface area contributed by atoms with Crippen molar-refractivity contribution in [2.75, 3.05) is 5.73 Å². The summed E-state index contributed by atoms with van der Waals surface area (Å²) < 4.78 is 1.56. The summed E-state index contributed by atoms with van der Waals surface area (Å²) in [6.45, 7) is 4.78. The molecule has 0 radical (unpaired) electrons. The number of rotatable bonds is 2. The summed E-state index contributed by atoms with van der Waals surface area (Å²) in [5, 5.41) is 0. The smallest absolute Gasteiger partial charge is 0.349 e. The van der Waals surface area contributed by atoms with Crippen molar-refractivity contribution in [3.63, 3.8) is 0 Å². The van der Waals surface area contributed by atoms with Crippen LogP contribution in [0.4, 0.5) is 5.82 Å². The van der Waals surface area contributed by atoms with E-state index < -0.39 is 0 Å². The molecule has 0 aliphatic heterocycles. The molecule has 0 aliphatic carbocycles. The Morgan fingerprint density at radius 3 is 2.83 bits per heavy atom. The molecule has 4 heteroatoms. The van der Waals surface area contributed by atoms with Gasteiger partial charge < -0.3 is 5.73 Å². The molecule has 0 atom stereocenters. The Morgan fingerprint density at radius 1 is 1.67 bits per heavy atom. The van der Waals surface area contributed by atoms with E-state index in [1.54, 1.807) is 16.8 Å². The van der Waals surface area contributed by atoms with Crippen LogP contribution in [0.3, 0.4) is 0 Å². The first kappa shape index (κ1) is 8.77. The fraction of sp³-hybridized carbons (Fsp3) is 0.500. The van der Waals surface area contributed by atoms with Crippen LogP contribution < -0.4 is 11.4 Å². The normalized spacial score (nSPS) is 10.6. The largest absolute Gasteiger partial charge is 0.383 e. The summed E-state index contributed by atoms with van der Waals surface area (Å²) in [5.74, 6) is 0.716. The molecule has 0 fully saturated rings. The van der Waals surface area contributed by atoms with Gasteiger partial charge in [-0.2, -0.15) is 4.98 Å². The third-order valence-electron chi connectivity index (χ3n) is 1.46. The van der Waals surface area contributed by atoms with Crippen molar-refractivity contribution >= 4 is 5.82 Å². The summed E-state index contributed by atoms with van der Waals surface area (Å²) in [6, 6.07) is 1.63. The van der Waals surface area contributed by atoms with Crippen molar-refractivity contribution in [2.24, 2.45) is 5.92 Å². The highest BCUT2D eigenvalue weighted by atomic mass is 16.1. The average Bonchev–Trinajstić information content (AvgIpc) is 1.94. The summed E-state index contributed by atoms with van der Waals surface area (Å²) >= 11 is 0. The lowest BCUT2D eigenvalue weighted by Gasteiger charge is -2.06.